The van der Waals surface area contributed by atoms with E-state index in [2.05, 4.69) is 20.9 Å². The molecule has 0 saturated heterocycles. The van der Waals surface area contributed by atoms with Gasteiger partial charge in [-0.25, -0.2) is 4.99 Å². The van der Waals surface area contributed by atoms with Crippen LogP contribution in [0.5, 0.6) is 0 Å². The zero-order chi connectivity index (χ0) is 10.3. The van der Waals surface area contributed by atoms with Crippen molar-refractivity contribution in [2.45, 2.75) is 5.62 Å². The number of fused-ring (bicyclic) bond motifs is 1. The molecule has 1 aliphatic heterocycles. The Hall–Kier alpha value is -0.250. The molecule has 5 heteroatoms. The van der Waals surface area contributed by atoms with Crippen molar-refractivity contribution in [1.82, 2.24) is 0 Å². The molecule has 1 aromatic rings. The van der Waals surface area contributed by atoms with E-state index in [9.17, 15) is 0 Å². The van der Waals surface area contributed by atoms with Gasteiger partial charge < -0.3 is 4.90 Å². The summed E-state index contributed by atoms with van der Waals surface area (Å²) in [5.74, 6) is 0. The first kappa shape index (κ1) is 10.3. The third-order valence-electron chi connectivity index (χ3n) is 2.10. The lowest BCUT2D eigenvalue weighted by atomic mass is 10.1. The van der Waals surface area contributed by atoms with Crippen LogP contribution < -0.4 is 4.90 Å². The minimum atomic E-state index is -0.436. The van der Waals surface area contributed by atoms with Gasteiger partial charge in [-0.2, -0.15) is 0 Å². The average molecular weight is 294 g/mol. The van der Waals surface area contributed by atoms with Crippen molar-refractivity contribution in [2.24, 2.45) is 4.99 Å². The molecule has 0 aromatic heterocycles. The van der Waals surface area contributed by atoms with Crippen molar-refractivity contribution in [3.05, 3.63) is 28.2 Å². The summed E-state index contributed by atoms with van der Waals surface area (Å²) in [7, 11) is 1.88. The summed E-state index contributed by atoms with van der Waals surface area (Å²) in [5, 5.41) is 0.458. The molecule has 0 N–H and O–H groups in total. The lowest BCUT2D eigenvalue weighted by Crippen LogP contribution is -2.31. The monoisotopic (exact) mass is 292 g/mol. The number of rotatable bonds is 0. The molecule has 0 radical (unpaired) electrons. The zero-order valence-electron chi connectivity index (χ0n) is 7.34. The van der Waals surface area contributed by atoms with Crippen LogP contribution in [0.25, 0.3) is 0 Å². The minimum absolute atomic E-state index is 0.436. The van der Waals surface area contributed by atoms with Gasteiger partial charge in [0.1, 0.15) is 5.17 Å². The van der Waals surface area contributed by atoms with E-state index in [0.717, 1.165) is 15.7 Å². The van der Waals surface area contributed by atoms with Gasteiger partial charge in [-0.1, -0.05) is 29.3 Å². The van der Waals surface area contributed by atoms with Crippen LogP contribution in [0.2, 0.25) is 0 Å². The Kier molecular flexibility index (Phi) is 2.73. The number of hydrogen-bond donors (Lipinski definition) is 0. The molecule has 2 nitrogen and oxygen atoms in total. The second-order valence-corrected chi connectivity index (χ2v) is 4.58. The van der Waals surface area contributed by atoms with Crippen LogP contribution in [0.3, 0.4) is 0 Å². The van der Waals surface area contributed by atoms with E-state index in [4.69, 9.17) is 23.2 Å². The summed E-state index contributed by atoms with van der Waals surface area (Å²) in [4.78, 5) is 5.97. The fourth-order valence-electron chi connectivity index (χ4n) is 1.40. The van der Waals surface area contributed by atoms with Crippen molar-refractivity contribution in [1.29, 1.82) is 0 Å². The molecule has 0 bridgehead atoms. The van der Waals surface area contributed by atoms with Gasteiger partial charge in [-0.3, -0.25) is 0 Å². The third kappa shape index (κ3) is 1.53. The zero-order valence-corrected chi connectivity index (χ0v) is 10.4. The first-order valence-corrected chi connectivity index (χ1v) is 5.61. The van der Waals surface area contributed by atoms with E-state index in [1.54, 1.807) is 0 Å². The van der Waals surface area contributed by atoms with Gasteiger partial charge in [0.05, 0.1) is 5.69 Å². The lowest BCUT2D eigenvalue weighted by Gasteiger charge is -2.29. The predicted octanol–water partition coefficient (Wildman–Crippen LogP) is 3.41. The quantitative estimate of drug-likeness (QED) is 0.529. The second-order valence-electron chi connectivity index (χ2n) is 2.98. The molecule has 1 aromatic carbocycles. The number of hydrogen-bond acceptors (Lipinski definition) is 2. The number of benzene rings is 1. The number of para-hydroxylation sites is 1. The summed E-state index contributed by atoms with van der Waals surface area (Å²) in [6.45, 7) is 0. The van der Waals surface area contributed by atoms with Crippen LogP contribution >= 0.6 is 39.1 Å². The molecule has 0 spiro atoms. The fraction of sp³-hybridized carbons (Fsp3) is 0.222. The van der Waals surface area contributed by atoms with Crippen molar-refractivity contribution in [3.8, 4) is 0 Å². The molecule has 2 rings (SSSR count). The van der Waals surface area contributed by atoms with E-state index >= 15 is 0 Å². The molecular formula is C9H7BrCl2N2. The van der Waals surface area contributed by atoms with Crippen LogP contribution in [0.1, 0.15) is 5.56 Å². The molecule has 0 saturated carbocycles. The predicted molar refractivity (Wildman–Crippen MR) is 64.6 cm³/mol. The van der Waals surface area contributed by atoms with Gasteiger partial charge in [0.25, 0.3) is 0 Å². The highest BCUT2D eigenvalue weighted by molar-refractivity contribution is 9.10. The number of halogens is 3. The maximum absolute atomic E-state index is 6.00. The molecule has 1 aliphatic rings. The van der Waals surface area contributed by atoms with Gasteiger partial charge in [-0.05, 0) is 28.1 Å². The minimum Gasteiger partial charge on any atom is -0.339 e. The van der Waals surface area contributed by atoms with Crippen molar-refractivity contribution in [3.63, 3.8) is 0 Å². The summed E-state index contributed by atoms with van der Waals surface area (Å²) < 4.78 is 0.969. The highest BCUT2D eigenvalue weighted by Crippen LogP contribution is 2.35. The van der Waals surface area contributed by atoms with Gasteiger partial charge in [-0.15, -0.1) is 0 Å². The summed E-state index contributed by atoms with van der Waals surface area (Å²) in [5.41, 5.74) is 1.45. The first-order valence-electron chi connectivity index (χ1n) is 4.00. The maximum Gasteiger partial charge on any atom is 0.199 e. The van der Waals surface area contributed by atoms with Gasteiger partial charge in [0.15, 0.2) is 5.62 Å². The second kappa shape index (κ2) is 3.72. The molecular weight excluding hydrogens is 287 g/mol. The number of nitrogens with zero attached hydrogens (tertiary/aromatic N) is 2. The third-order valence-corrected chi connectivity index (χ3v) is 3.43. The van der Waals surface area contributed by atoms with Crippen LogP contribution in [0.15, 0.2) is 27.7 Å². The molecule has 0 amide bonds. The smallest absolute Gasteiger partial charge is 0.199 e. The van der Waals surface area contributed by atoms with Crippen molar-refractivity contribution >= 4 is 50.0 Å². The normalized spacial score (nSPS) is 20.4. The molecule has 14 heavy (non-hydrogen) atoms. The van der Waals surface area contributed by atoms with Gasteiger partial charge in [0.2, 0.25) is 0 Å². The lowest BCUT2D eigenvalue weighted by molar-refractivity contribution is 0.849. The van der Waals surface area contributed by atoms with E-state index < -0.39 is 5.62 Å². The SMILES string of the molecule is CN1c2c(Br)cccc2C(Cl)=NC1Cl. The number of anilines is 1. The summed E-state index contributed by atoms with van der Waals surface area (Å²) >= 11 is 15.5. The average Bonchev–Trinajstić information content (AvgIpc) is 2.14. The van der Waals surface area contributed by atoms with Crippen LogP contribution in [0, 0.1) is 0 Å². The van der Waals surface area contributed by atoms with Crippen molar-refractivity contribution in [2.75, 3.05) is 11.9 Å². The van der Waals surface area contributed by atoms with Crippen LogP contribution in [-0.4, -0.2) is 17.8 Å². The Morgan fingerprint density at radius 2 is 2.21 bits per heavy atom. The Morgan fingerprint density at radius 3 is 2.93 bits per heavy atom. The van der Waals surface area contributed by atoms with Gasteiger partial charge >= 0.3 is 0 Å². The van der Waals surface area contributed by atoms with E-state index in [-0.39, 0.29) is 0 Å². The van der Waals surface area contributed by atoms with Crippen molar-refractivity contribution < 1.29 is 0 Å². The van der Waals surface area contributed by atoms with Crippen LogP contribution in [0.4, 0.5) is 5.69 Å². The van der Waals surface area contributed by atoms with Crippen LogP contribution in [-0.2, 0) is 0 Å². The Labute approximate surface area is 101 Å². The molecule has 0 fully saturated rings. The highest BCUT2D eigenvalue weighted by atomic mass is 79.9. The Morgan fingerprint density at radius 1 is 1.50 bits per heavy atom. The Bertz CT molecular complexity index is 406. The summed E-state index contributed by atoms with van der Waals surface area (Å²) in [6, 6.07) is 5.79. The van der Waals surface area contributed by atoms with Gasteiger partial charge in [0, 0.05) is 17.1 Å². The molecule has 1 unspecified atom stereocenters. The van der Waals surface area contributed by atoms with E-state index in [1.165, 1.54) is 0 Å². The topological polar surface area (TPSA) is 15.6 Å². The summed E-state index contributed by atoms with van der Waals surface area (Å²) in [6.07, 6.45) is 0. The molecule has 0 aliphatic carbocycles. The highest BCUT2D eigenvalue weighted by Gasteiger charge is 2.24. The first-order chi connectivity index (χ1) is 6.61. The Balaban J connectivity index is 2.66. The fourth-order valence-corrected chi connectivity index (χ4v) is 2.53. The molecule has 1 heterocycles. The number of aliphatic imine (C=N–C) groups is 1. The standard InChI is InChI=1S/C9H7BrCl2N2/c1-14-7-5(3-2-4-6(7)10)8(11)13-9(14)12/h2-4,9H,1H3. The molecule has 74 valence electrons. The maximum atomic E-state index is 6.00. The largest absolute Gasteiger partial charge is 0.339 e. The number of alkyl halides is 1. The van der Waals surface area contributed by atoms with E-state index in [1.807, 2.05) is 30.1 Å². The van der Waals surface area contributed by atoms with E-state index in [0.29, 0.717) is 5.17 Å². The molecule has 1 atom stereocenters.